The lowest BCUT2D eigenvalue weighted by Gasteiger charge is -2.15. The van der Waals surface area contributed by atoms with Crippen LogP contribution >= 0.6 is 15.9 Å². The molecule has 1 aromatic carbocycles. The molecule has 0 saturated heterocycles. The number of carbonyl (C=O) groups is 1. The van der Waals surface area contributed by atoms with E-state index in [4.69, 9.17) is 5.11 Å². The van der Waals surface area contributed by atoms with E-state index in [1.807, 2.05) is 0 Å². The molecule has 0 aromatic heterocycles. The van der Waals surface area contributed by atoms with Crippen LogP contribution in [0.15, 0.2) is 22.7 Å². The van der Waals surface area contributed by atoms with Gasteiger partial charge in [0.15, 0.2) is 0 Å². The molecule has 0 amide bonds. The summed E-state index contributed by atoms with van der Waals surface area (Å²) in [7, 11) is 0. The van der Waals surface area contributed by atoms with Gasteiger partial charge in [0.25, 0.3) is 0 Å². The van der Waals surface area contributed by atoms with Gasteiger partial charge in [0.05, 0.1) is 0 Å². The number of rotatable bonds is 3. The predicted octanol–water partition coefficient (Wildman–Crippen LogP) is 2.81. The van der Waals surface area contributed by atoms with Crippen LogP contribution in [0.3, 0.4) is 0 Å². The number of carboxylic acid groups (broad SMARTS) is 1. The molecule has 0 radical (unpaired) electrons. The van der Waals surface area contributed by atoms with Crippen LogP contribution in [0.2, 0.25) is 0 Å². The molecule has 82 valence electrons. The van der Waals surface area contributed by atoms with Crippen molar-refractivity contribution in [3.8, 4) is 5.75 Å². The molecule has 0 spiro atoms. The monoisotopic (exact) mass is 280 g/mol. The van der Waals surface area contributed by atoms with Crippen LogP contribution in [0.4, 0.5) is 8.78 Å². The predicted molar refractivity (Wildman–Crippen MR) is 52.1 cm³/mol. The largest absolute Gasteiger partial charge is 0.501 e. The number of carboxylic acids is 1. The molecule has 1 N–H and O–H groups in total. The molecule has 0 aliphatic carbocycles. The maximum absolute atomic E-state index is 12.7. The minimum absolute atomic E-state index is 0.170. The van der Waals surface area contributed by atoms with Gasteiger partial charge in [-0.1, -0.05) is 22.0 Å². The van der Waals surface area contributed by atoms with Gasteiger partial charge in [-0.25, -0.2) is 4.79 Å². The average Bonchev–Trinajstić information content (AvgIpc) is 2.10. The molecule has 0 heterocycles. The van der Waals surface area contributed by atoms with E-state index in [-0.39, 0.29) is 5.75 Å². The lowest BCUT2D eigenvalue weighted by Crippen LogP contribution is -2.35. The summed E-state index contributed by atoms with van der Waals surface area (Å²) in [6.45, 7) is 1.54. The van der Waals surface area contributed by atoms with Gasteiger partial charge in [-0.05, 0) is 24.6 Å². The minimum Gasteiger partial charge on any atom is -0.474 e. The van der Waals surface area contributed by atoms with E-state index in [1.54, 1.807) is 13.0 Å². The number of benzene rings is 1. The standard InChI is InChI=1S/C9H7BrF2O3/c1-5-2-3-6(10)4-7(5)15-9(11,12)8(13)14/h2-4H,1H3,(H,13,14). The zero-order chi connectivity index (χ0) is 11.6. The SMILES string of the molecule is Cc1ccc(Br)cc1OC(F)(F)C(=O)O. The molecule has 15 heavy (non-hydrogen) atoms. The van der Waals surface area contributed by atoms with E-state index in [0.29, 0.717) is 10.0 Å². The molecule has 0 atom stereocenters. The Morgan fingerprint density at radius 1 is 1.53 bits per heavy atom. The fourth-order valence-electron chi connectivity index (χ4n) is 0.866. The average molecular weight is 281 g/mol. The Balaban J connectivity index is 2.99. The van der Waals surface area contributed by atoms with Crippen molar-refractivity contribution in [2.45, 2.75) is 13.0 Å². The number of aryl methyl sites for hydroxylation is 1. The van der Waals surface area contributed by atoms with Crippen molar-refractivity contribution in [3.63, 3.8) is 0 Å². The van der Waals surface area contributed by atoms with Crippen molar-refractivity contribution in [1.82, 2.24) is 0 Å². The van der Waals surface area contributed by atoms with Crippen molar-refractivity contribution in [2.75, 3.05) is 0 Å². The second kappa shape index (κ2) is 4.14. The Kier molecular flexibility index (Phi) is 3.28. The van der Waals surface area contributed by atoms with E-state index in [0.717, 1.165) is 0 Å². The van der Waals surface area contributed by atoms with Gasteiger partial charge in [-0.15, -0.1) is 0 Å². The number of alkyl halides is 2. The van der Waals surface area contributed by atoms with Crippen molar-refractivity contribution in [3.05, 3.63) is 28.2 Å². The zero-order valence-corrected chi connectivity index (χ0v) is 9.22. The third kappa shape index (κ3) is 2.89. The van der Waals surface area contributed by atoms with Crippen LogP contribution in [0.25, 0.3) is 0 Å². The van der Waals surface area contributed by atoms with Crippen LogP contribution in [0.5, 0.6) is 5.75 Å². The highest BCUT2D eigenvalue weighted by atomic mass is 79.9. The first-order valence-electron chi connectivity index (χ1n) is 3.89. The van der Waals surface area contributed by atoms with Crippen LogP contribution in [-0.2, 0) is 4.79 Å². The molecule has 1 rings (SSSR count). The number of ether oxygens (including phenoxy) is 1. The molecule has 0 unspecified atom stereocenters. The fraction of sp³-hybridized carbons (Fsp3) is 0.222. The molecule has 0 aliphatic rings. The highest BCUT2D eigenvalue weighted by molar-refractivity contribution is 9.10. The summed E-state index contributed by atoms with van der Waals surface area (Å²) in [5, 5.41) is 8.18. The van der Waals surface area contributed by atoms with E-state index < -0.39 is 12.1 Å². The summed E-state index contributed by atoms with van der Waals surface area (Å²) >= 11 is 3.07. The molecule has 3 nitrogen and oxygen atoms in total. The van der Waals surface area contributed by atoms with Gasteiger partial charge in [0.2, 0.25) is 0 Å². The van der Waals surface area contributed by atoms with Crippen LogP contribution in [0.1, 0.15) is 5.56 Å². The first-order chi connectivity index (χ1) is 6.83. The van der Waals surface area contributed by atoms with Crippen LogP contribution in [0, 0.1) is 6.92 Å². The maximum Gasteiger partial charge on any atom is 0.501 e. The molecule has 0 aliphatic heterocycles. The second-order valence-corrected chi connectivity index (χ2v) is 3.75. The Bertz CT molecular complexity index is 393. The molecule has 1 aromatic rings. The molecule has 0 saturated carbocycles. The third-order valence-corrected chi connectivity index (χ3v) is 2.13. The highest BCUT2D eigenvalue weighted by Crippen LogP contribution is 2.28. The first kappa shape index (κ1) is 11.9. The Morgan fingerprint density at radius 2 is 2.13 bits per heavy atom. The topological polar surface area (TPSA) is 46.5 Å². The summed E-state index contributed by atoms with van der Waals surface area (Å²) < 4.78 is 30.1. The number of hydrogen-bond acceptors (Lipinski definition) is 2. The molecular weight excluding hydrogens is 274 g/mol. The minimum atomic E-state index is -4.22. The number of aliphatic carboxylic acids is 1. The maximum atomic E-state index is 12.7. The van der Waals surface area contributed by atoms with E-state index in [1.165, 1.54) is 12.1 Å². The summed E-state index contributed by atoms with van der Waals surface area (Å²) in [5.74, 6) is -2.49. The van der Waals surface area contributed by atoms with Gasteiger partial charge < -0.3 is 9.84 Å². The van der Waals surface area contributed by atoms with E-state index in [2.05, 4.69) is 20.7 Å². The summed E-state index contributed by atoms with van der Waals surface area (Å²) in [6, 6.07) is 4.46. The Morgan fingerprint density at radius 3 is 2.67 bits per heavy atom. The fourth-order valence-corrected chi connectivity index (χ4v) is 1.21. The second-order valence-electron chi connectivity index (χ2n) is 2.83. The number of halogens is 3. The van der Waals surface area contributed by atoms with Crippen molar-refractivity contribution in [2.24, 2.45) is 0 Å². The lowest BCUT2D eigenvalue weighted by atomic mass is 10.2. The quantitative estimate of drug-likeness (QED) is 0.926. The van der Waals surface area contributed by atoms with Crippen molar-refractivity contribution in [1.29, 1.82) is 0 Å². The molecule has 0 bridgehead atoms. The van der Waals surface area contributed by atoms with Crippen LogP contribution < -0.4 is 4.74 Å². The van der Waals surface area contributed by atoms with Gasteiger partial charge >= 0.3 is 12.1 Å². The van der Waals surface area contributed by atoms with Crippen molar-refractivity contribution >= 4 is 21.9 Å². The zero-order valence-electron chi connectivity index (χ0n) is 7.63. The molecule has 0 fully saturated rings. The highest BCUT2D eigenvalue weighted by Gasteiger charge is 2.42. The third-order valence-electron chi connectivity index (χ3n) is 1.64. The normalized spacial score (nSPS) is 11.2. The van der Waals surface area contributed by atoms with Crippen molar-refractivity contribution < 1.29 is 23.4 Å². The van der Waals surface area contributed by atoms with Gasteiger partial charge in [-0.3, -0.25) is 0 Å². The van der Waals surface area contributed by atoms with Gasteiger partial charge in [0, 0.05) is 4.47 Å². The van der Waals surface area contributed by atoms with Gasteiger partial charge in [-0.2, -0.15) is 8.78 Å². The summed E-state index contributed by atoms with van der Waals surface area (Å²) in [4.78, 5) is 10.1. The first-order valence-corrected chi connectivity index (χ1v) is 4.68. The molecule has 6 heteroatoms. The molecular formula is C9H7BrF2O3. The summed E-state index contributed by atoms with van der Waals surface area (Å²) in [5.41, 5.74) is 0.430. The van der Waals surface area contributed by atoms with E-state index >= 15 is 0 Å². The Labute approximate surface area is 92.8 Å². The smallest absolute Gasteiger partial charge is 0.474 e. The van der Waals surface area contributed by atoms with Crippen LogP contribution in [-0.4, -0.2) is 17.2 Å². The Hall–Kier alpha value is -1.17. The summed E-state index contributed by atoms with van der Waals surface area (Å²) in [6.07, 6.45) is -4.22. The van der Waals surface area contributed by atoms with E-state index in [9.17, 15) is 13.6 Å². The lowest BCUT2D eigenvalue weighted by molar-refractivity contribution is -0.211. The van der Waals surface area contributed by atoms with Gasteiger partial charge in [0.1, 0.15) is 5.75 Å². The number of hydrogen-bond donors (Lipinski definition) is 1.